The van der Waals surface area contributed by atoms with Gasteiger partial charge in [0.05, 0.1) is 5.52 Å². The zero-order chi connectivity index (χ0) is 16.4. The fourth-order valence-corrected chi connectivity index (χ4v) is 3.56. The highest BCUT2D eigenvalue weighted by atomic mass is 79.9. The van der Waals surface area contributed by atoms with Crippen molar-refractivity contribution in [2.75, 3.05) is 0 Å². The first-order chi connectivity index (χ1) is 11.1. The molecule has 3 rings (SSSR count). The minimum atomic E-state index is 0.601. The summed E-state index contributed by atoms with van der Waals surface area (Å²) in [5, 5.41) is 1.23. The van der Waals surface area contributed by atoms with E-state index in [9.17, 15) is 0 Å². The average molecular weight is 368 g/mol. The fourth-order valence-electron chi connectivity index (χ4n) is 3.20. The summed E-state index contributed by atoms with van der Waals surface area (Å²) in [6.07, 6.45) is 2.02. The largest absolute Gasteiger partial charge is 0.252 e. The van der Waals surface area contributed by atoms with E-state index in [0.29, 0.717) is 5.92 Å². The Morgan fingerprint density at radius 1 is 1.04 bits per heavy atom. The van der Waals surface area contributed by atoms with Crippen molar-refractivity contribution in [3.05, 3.63) is 64.3 Å². The van der Waals surface area contributed by atoms with E-state index in [1.807, 2.05) is 0 Å². The van der Waals surface area contributed by atoms with Gasteiger partial charge >= 0.3 is 0 Å². The first kappa shape index (κ1) is 16.2. The molecule has 0 spiro atoms. The van der Waals surface area contributed by atoms with Crippen LogP contribution in [0.2, 0.25) is 0 Å². The van der Waals surface area contributed by atoms with E-state index >= 15 is 0 Å². The van der Waals surface area contributed by atoms with E-state index in [1.165, 1.54) is 27.8 Å². The van der Waals surface area contributed by atoms with E-state index < -0.39 is 0 Å². The summed E-state index contributed by atoms with van der Waals surface area (Å²) < 4.78 is 1.10. The number of halogens is 1. The maximum absolute atomic E-state index is 4.99. The lowest BCUT2D eigenvalue weighted by Gasteiger charge is -2.18. The molecule has 0 unspecified atom stereocenters. The number of hydrogen-bond acceptors (Lipinski definition) is 1. The van der Waals surface area contributed by atoms with E-state index in [1.54, 1.807) is 0 Å². The first-order valence-electron chi connectivity index (χ1n) is 8.26. The van der Waals surface area contributed by atoms with Crippen LogP contribution in [0.5, 0.6) is 0 Å². The van der Waals surface area contributed by atoms with Crippen LogP contribution >= 0.6 is 15.9 Å². The maximum Gasteiger partial charge on any atom is 0.0712 e. The molecule has 0 N–H and O–H groups in total. The van der Waals surface area contributed by atoms with Gasteiger partial charge in [0.1, 0.15) is 0 Å². The van der Waals surface area contributed by atoms with Gasteiger partial charge < -0.3 is 0 Å². The Morgan fingerprint density at radius 2 is 1.78 bits per heavy atom. The Labute approximate surface area is 146 Å². The molecule has 1 nitrogen and oxygen atoms in total. The lowest BCUT2D eigenvalue weighted by atomic mass is 9.90. The highest BCUT2D eigenvalue weighted by Crippen LogP contribution is 2.35. The smallest absolute Gasteiger partial charge is 0.0712 e. The second-order valence-corrected chi connectivity index (χ2v) is 7.31. The van der Waals surface area contributed by atoms with Gasteiger partial charge in [0, 0.05) is 15.6 Å². The monoisotopic (exact) mass is 367 g/mol. The summed E-state index contributed by atoms with van der Waals surface area (Å²) in [6, 6.07) is 17.1. The standard InChI is InChI=1S/C21H22BrN/c1-4-17-20(12-14(2)3)23-19-11-10-16(22)13-18(19)21(17)15-8-6-5-7-9-15/h5-11,13-14H,4,12H2,1-3H3. The number of benzene rings is 2. The number of aromatic nitrogens is 1. The van der Waals surface area contributed by atoms with Gasteiger partial charge in [0.15, 0.2) is 0 Å². The summed E-state index contributed by atoms with van der Waals surface area (Å²) in [5.41, 5.74) is 6.33. The zero-order valence-corrected chi connectivity index (χ0v) is 15.5. The Balaban J connectivity index is 2.38. The molecular weight excluding hydrogens is 346 g/mol. The van der Waals surface area contributed by atoms with Gasteiger partial charge in [-0.15, -0.1) is 0 Å². The maximum atomic E-state index is 4.99. The van der Waals surface area contributed by atoms with Crippen LogP contribution in [0.25, 0.3) is 22.0 Å². The summed E-state index contributed by atoms with van der Waals surface area (Å²) in [6.45, 7) is 6.75. The van der Waals surface area contributed by atoms with Crippen molar-refractivity contribution in [3.63, 3.8) is 0 Å². The van der Waals surface area contributed by atoms with Crippen molar-refractivity contribution >= 4 is 26.8 Å². The molecule has 0 saturated heterocycles. The van der Waals surface area contributed by atoms with Crippen molar-refractivity contribution in [1.29, 1.82) is 0 Å². The Hall–Kier alpha value is -1.67. The molecule has 0 aliphatic rings. The van der Waals surface area contributed by atoms with E-state index in [4.69, 9.17) is 4.98 Å². The quantitative estimate of drug-likeness (QED) is 0.517. The summed E-state index contributed by atoms with van der Waals surface area (Å²) in [4.78, 5) is 4.99. The van der Waals surface area contributed by atoms with Crippen LogP contribution in [0.3, 0.4) is 0 Å². The Morgan fingerprint density at radius 3 is 2.43 bits per heavy atom. The van der Waals surface area contributed by atoms with Crippen molar-refractivity contribution in [1.82, 2.24) is 4.98 Å². The van der Waals surface area contributed by atoms with Crippen LogP contribution in [-0.4, -0.2) is 4.98 Å². The number of nitrogens with zero attached hydrogens (tertiary/aromatic N) is 1. The van der Waals surface area contributed by atoms with Crippen molar-refractivity contribution in [2.45, 2.75) is 33.6 Å². The molecule has 0 saturated carbocycles. The third-order valence-corrected chi connectivity index (χ3v) is 4.64. The fraction of sp³-hybridized carbons (Fsp3) is 0.286. The van der Waals surface area contributed by atoms with Crippen LogP contribution in [0.15, 0.2) is 53.0 Å². The molecule has 2 aromatic carbocycles. The predicted molar refractivity (Wildman–Crippen MR) is 103 cm³/mol. The van der Waals surface area contributed by atoms with Gasteiger partial charge in [-0.3, -0.25) is 4.98 Å². The van der Waals surface area contributed by atoms with Gasteiger partial charge in [-0.1, -0.05) is 67.0 Å². The van der Waals surface area contributed by atoms with Crippen LogP contribution in [-0.2, 0) is 12.8 Å². The van der Waals surface area contributed by atoms with Crippen LogP contribution in [0.1, 0.15) is 32.0 Å². The van der Waals surface area contributed by atoms with Crippen molar-refractivity contribution < 1.29 is 0 Å². The molecule has 2 heteroatoms. The van der Waals surface area contributed by atoms with Gasteiger partial charge in [-0.25, -0.2) is 0 Å². The van der Waals surface area contributed by atoms with Gasteiger partial charge in [0.2, 0.25) is 0 Å². The summed E-state index contributed by atoms with van der Waals surface area (Å²) in [7, 11) is 0. The van der Waals surface area contributed by atoms with Gasteiger partial charge in [-0.2, -0.15) is 0 Å². The Kier molecular flexibility index (Phi) is 4.82. The lowest BCUT2D eigenvalue weighted by molar-refractivity contribution is 0.632. The molecule has 0 amide bonds. The highest BCUT2D eigenvalue weighted by molar-refractivity contribution is 9.10. The van der Waals surface area contributed by atoms with Crippen LogP contribution in [0.4, 0.5) is 0 Å². The number of pyridine rings is 1. The van der Waals surface area contributed by atoms with Crippen molar-refractivity contribution in [2.24, 2.45) is 5.92 Å². The van der Waals surface area contributed by atoms with Gasteiger partial charge in [0.25, 0.3) is 0 Å². The predicted octanol–water partition coefficient (Wildman–Crippen LogP) is 6.43. The molecule has 0 atom stereocenters. The minimum Gasteiger partial charge on any atom is -0.252 e. The molecule has 1 heterocycles. The second-order valence-electron chi connectivity index (χ2n) is 6.39. The summed E-state index contributed by atoms with van der Waals surface area (Å²) in [5.74, 6) is 0.601. The van der Waals surface area contributed by atoms with Crippen LogP contribution < -0.4 is 0 Å². The average Bonchev–Trinajstić information content (AvgIpc) is 2.54. The van der Waals surface area contributed by atoms with E-state index in [2.05, 4.69) is 85.2 Å². The van der Waals surface area contributed by atoms with E-state index in [-0.39, 0.29) is 0 Å². The molecule has 3 aromatic rings. The topological polar surface area (TPSA) is 12.9 Å². The minimum absolute atomic E-state index is 0.601. The number of hydrogen-bond donors (Lipinski definition) is 0. The number of fused-ring (bicyclic) bond motifs is 1. The Bertz CT molecular complexity index is 822. The normalized spacial score (nSPS) is 11.3. The lowest BCUT2D eigenvalue weighted by Crippen LogP contribution is -2.05. The van der Waals surface area contributed by atoms with Crippen molar-refractivity contribution in [3.8, 4) is 11.1 Å². The molecule has 0 radical (unpaired) electrons. The molecular formula is C21H22BrN. The molecule has 0 fully saturated rings. The molecule has 118 valence electrons. The molecule has 23 heavy (non-hydrogen) atoms. The number of rotatable bonds is 4. The summed E-state index contributed by atoms with van der Waals surface area (Å²) >= 11 is 3.62. The molecule has 0 aliphatic carbocycles. The second kappa shape index (κ2) is 6.84. The molecule has 0 aliphatic heterocycles. The third-order valence-electron chi connectivity index (χ3n) is 4.15. The molecule has 1 aromatic heterocycles. The first-order valence-corrected chi connectivity index (χ1v) is 9.06. The van der Waals surface area contributed by atoms with Gasteiger partial charge in [-0.05, 0) is 53.6 Å². The zero-order valence-electron chi connectivity index (χ0n) is 13.9. The highest BCUT2D eigenvalue weighted by Gasteiger charge is 2.16. The third kappa shape index (κ3) is 3.32. The SMILES string of the molecule is CCc1c(CC(C)C)nc2ccc(Br)cc2c1-c1ccccc1. The van der Waals surface area contributed by atoms with E-state index in [0.717, 1.165) is 22.8 Å². The van der Waals surface area contributed by atoms with Crippen LogP contribution in [0, 0.1) is 5.92 Å². The molecule has 0 bridgehead atoms.